The standard InChI is InChI=1S/C44H26N4O2/c1-3-12-27(13-4-1)41-46-42(28-14-5-2-6-15-28)48-43(47-41)30-17-11-16-29(26-30)31-22-23-34(33-19-8-7-18-32(31)33)44-45-36-24-25-38-39(40(36)50-44)35-20-9-10-21-37(35)49-38/h1-26H. The van der Waals surface area contributed by atoms with Gasteiger partial charge in [0.15, 0.2) is 23.1 Å². The van der Waals surface area contributed by atoms with Crippen LogP contribution in [0.5, 0.6) is 0 Å². The van der Waals surface area contributed by atoms with Crippen molar-refractivity contribution in [2.45, 2.75) is 0 Å². The third kappa shape index (κ3) is 4.65. The summed E-state index contributed by atoms with van der Waals surface area (Å²) in [7, 11) is 0. The molecule has 0 fully saturated rings. The zero-order valence-corrected chi connectivity index (χ0v) is 26.6. The lowest BCUT2D eigenvalue weighted by Crippen LogP contribution is -2.00. The second kappa shape index (κ2) is 11.4. The van der Waals surface area contributed by atoms with Crippen molar-refractivity contribution in [3.05, 3.63) is 158 Å². The molecule has 0 N–H and O–H groups in total. The molecule has 10 rings (SSSR count). The van der Waals surface area contributed by atoms with Crippen molar-refractivity contribution < 1.29 is 8.83 Å². The number of furan rings is 1. The van der Waals surface area contributed by atoms with Gasteiger partial charge < -0.3 is 8.83 Å². The number of aromatic nitrogens is 4. The summed E-state index contributed by atoms with van der Waals surface area (Å²) in [4.78, 5) is 19.7. The predicted molar refractivity (Wildman–Crippen MR) is 199 cm³/mol. The van der Waals surface area contributed by atoms with E-state index in [4.69, 9.17) is 28.8 Å². The highest BCUT2D eigenvalue weighted by molar-refractivity contribution is 6.16. The molecule has 0 saturated carbocycles. The second-order valence-corrected chi connectivity index (χ2v) is 12.2. The van der Waals surface area contributed by atoms with E-state index in [9.17, 15) is 0 Å². The Morgan fingerprint density at radius 3 is 1.64 bits per heavy atom. The van der Waals surface area contributed by atoms with E-state index in [1.807, 2.05) is 91.0 Å². The van der Waals surface area contributed by atoms with Gasteiger partial charge in [-0.05, 0) is 52.2 Å². The molecular formula is C44H26N4O2. The maximum absolute atomic E-state index is 6.57. The second-order valence-electron chi connectivity index (χ2n) is 12.2. The van der Waals surface area contributed by atoms with Gasteiger partial charge in [0.25, 0.3) is 0 Å². The summed E-state index contributed by atoms with van der Waals surface area (Å²) in [6, 6.07) is 53.1. The SMILES string of the molecule is c1ccc(-c2nc(-c3ccccc3)nc(-c3cccc(-c4ccc(-c5nc6ccc7oc8ccccc8c7c6o5)c5ccccc45)c3)n2)cc1. The molecule has 0 atom stereocenters. The van der Waals surface area contributed by atoms with Crippen molar-refractivity contribution in [2.75, 3.05) is 0 Å². The Labute approximate surface area is 286 Å². The van der Waals surface area contributed by atoms with Crippen LogP contribution in [0.15, 0.2) is 167 Å². The van der Waals surface area contributed by atoms with Crippen LogP contribution in [0.4, 0.5) is 0 Å². The highest BCUT2D eigenvalue weighted by atomic mass is 16.4. The molecule has 10 aromatic rings. The van der Waals surface area contributed by atoms with Crippen LogP contribution in [0.2, 0.25) is 0 Å². The summed E-state index contributed by atoms with van der Waals surface area (Å²) >= 11 is 0. The van der Waals surface area contributed by atoms with Gasteiger partial charge in [-0.2, -0.15) is 0 Å². The lowest BCUT2D eigenvalue weighted by atomic mass is 9.94. The van der Waals surface area contributed by atoms with Gasteiger partial charge in [-0.1, -0.05) is 127 Å². The Hall–Kier alpha value is -6.92. The number of nitrogens with zero attached hydrogens (tertiary/aromatic N) is 4. The van der Waals surface area contributed by atoms with Crippen LogP contribution in [0.3, 0.4) is 0 Å². The van der Waals surface area contributed by atoms with Gasteiger partial charge in [0, 0.05) is 27.6 Å². The van der Waals surface area contributed by atoms with Crippen molar-refractivity contribution in [1.82, 2.24) is 19.9 Å². The molecule has 0 unspecified atom stereocenters. The number of hydrogen-bond donors (Lipinski definition) is 0. The minimum Gasteiger partial charge on any atom is -0.456 e. The fourth-order valence-electron chi connectivity index (χ4n) is 6.81. The quantitative estimate of drug-likeness (QED) is 0.186. The first-order valence-electron chi connectivity index (χ1n) is 16.5. The smallest absolute Gasteiger partial charge is 0.227 e. The summed E-state index contributed by atoms with van der Waals surface area (Å²) in [5.74, 6) is 2.45. The number of fused-ring (bicyclic) bond motifs is 6. The fourth-order valence-corrected chi connectivity index (χ4v) is 6.81. The lowest BCUT2D eigenvalue weighted by Gasteiger charge is -2.12. The molecule has 6 heteroatoms. The molecule has 0 aliphatic rings. The Morgan fingerprint density at radius 1 is 0.360 bits per heavy atom. The first kappa shape index (κ1) is 28.1. The predicted octanol–water partition coefficient (Wildman–Crippen LogP) is 11.4. The normalized spacial score (nSPS) is 11.6. The van der Waals surface area contributed by atoms with Gasteiger partial charge in [0.2, 0.25) is 5.89 Å². The largest absolute Gasteiger partial charge is 0.456 e. The van der Waals surface area contributed by atoms with Crippen molar-refractivity contribution in [2.24, 2.45) is 0 Å². The first-order chi connectivity index (χ1) is 24.8. The minimum atomic E-state index is 0.571. The fraction of sp³-hybridized carbons (Fsp3) is 0. The summed E-state index contributed by atoms with van der Waals surface area (Å²) < 4.78 is 12.7. The van der Waals surface area contributed by atoms with Gasteiger partial charge in [-0.15, -0.1) is 0 Å². The molecule has 7 aromatic carbocycles. The molecule has 0 aliphatic heterocycles. The third-order valence-electron chi connectivity index (χ3n) is 9.18. The highest BCUT2D eigenvalue weighted by Crippen LogP contribution is 2.40. The van der Waals surface area contributed by atoms with E-state index in [1.165, 1.54) is 0 Å². The van der Waals surface area contributed by atoms with E-state index in [1.54, 1.807) is 0 Å². The zero-order valence-electron chi connectivity index (χ0n) is 26.6. The van der Waals surface area contributed by atoms with Crippen LogP contribution >= 0.6 is 0 Å². The number of benzene rings is 7. The van der Waals surface area contributed by atoms with Crippen molar-refractivity contribution in [3.63, 3.8) is 0 Å². The van der Waals surface area contributed by atoms with Crippen LogP contribution in [0.25, 0.3) is 101 Å². The molecule has 0 bridgehead atoms. The maximum Gasteiger partial charge on any atom is 0.227 e. The van der Waals surface area contributed by atoms with Crippen LogP contribution in [0, 0.1) is 0 Å². The molecule has 0 amide bonds. The summed E-state index contributed by atoms with van der Waals surface area (Å²) in [6.07, 6.45) is 0. The monoisotopic (exact) mass is 642 g/mol. The Kier molecular flexibility index (Phi) is 6.39. The van der Waals surface area contributed by atoms with E-state index in [0.717, 1.165) is 77.2 Å². The molecule has 0 radical (unpaired) electrons. The van der Waals surface area contributed by atoms with Gasteiger partial charge in [-0.25, -0.2) is 19.9 Å². The Balaban J connectivity index is 1.10. The van der Waals surface area contributed by atoms with Gasteiger partial charge in [0.1, 0.15) is 16.7 Å². The molecule has 3 heterocycles. The average Bonchev–Trinajstić information content (AvgIpc) is 3.80. The Bertz CT molecular complexity index is 2820. The molecule has 0 spiro atoms. The number of oxazole rings is 1. The molecule has 6 nitrogen and oxygen atoms in total. The van der Waals surface area contributed by atoms with Crippen LogP contribution in [0.1, 0.15) is 0 Å². The highest BCUT2D eigenvalue weighted by Gasteiger charge is 2.19. The summed E-state index contributed by atoms with van der Waals surface area (Å²) in [6.45, 7) is 0. The summed E-state index contributed by atoms with van der Waals surface area (Å²) in [5, 5.41) is 4.10. The van der Waals surface area contributed by atoms with E-state index < -0.39 is 0 Å². The van der Waals surface area contributed by atoms with E-state index in [0.29, 0.717) is 23.4 Å². The van der Waals surface area contributed by atoms with Crippen molar-refractivity contribution in [3.8, 4) is 56.7 Å². The molecule has 234 valence electrons. The average molecular weight is 643 g/mol. The molecule has 50 heavy (non-hydrogen) atoms. The minimum absolute atomic E-state index is 0.571. The molecule has 0 aliphatic carbocycles. The lowest BCUT2D eigenvalue weighted by molar-refractivity contribution is 0.623. The zero-order chi connectivity index (χ0) is 33.0. The maximum atomic E-state index is 6.57. The van der Waals surface area contributed by atoms with E-state index in [2.05, 4.69) is 66.7 Å². The van der Waals surface area contributed by atoms with Gasteiger partial charge >= 0.3 is 0 Å². The molecule has 3 aromatic heterocycles. The van der Waals surface area contributed by atoms with Crippen LogP contribution in [-0.2, 0) is 0 Å². The number of para-hydroxylation sites is 1. The number of rotatable bonds is 5. The summed E-state index contributed by atoms with van der Waals surface area (Å²) in [5.41, 5.74) is 8.98. The molecular weight excluding hydrogens is 617 g/mol. The number of hydrogen-bond acceptors (Lipinski definition) is 6. The van der Waals surface area contributed by atoms with Crippen molar-refractivity contribution in [1.29, 1.82) is 0 Å². The van der Waals surface area contributed by atoms with E-state index in [-0.39, 0.29) is 0 Å². The molecule has 0 saturated heterocycles. The van der Waals surface area contributed by atoms with E-state index >= 15 is 0 Å². The van der Waals surface area contributed by atoms with Gasteiger partial charge in [0.05, 0.1) is 5.39 Å². The Morgan fingerprint density at radius 2 is 0.920 bits per heavy atom. The van der Waals surface area contributed by atoms with Crippen molar-refractivity contribution >= 4 is 43.8 Å². The van der Waals surface area contributed by atoms with Gasteiger partial charge in [-0.3, -0.25) is 0 Å². The first-order valence-corrected chi connectivity index (χ1v) is 16.5. The topological polar surface area (TPSA) is 77.8 Å². The van der Waals surface area contributed by atoms with Crippen LogP contribution < -0.4 is 0 Å². The third-order valence-corrected chi connectivity index (χ3v) is 9.18. The van der Waals surface area contributed by atoms with Crippen LogP contribution in [-0.4, -0.2) is 19.9 Å².